The maximum Gasteiger partial charge on any atom is 0.118 e. The Hall–Kier alpha value is -3.62. The van der Waals surface area contributed by atoms with E-state index in [1.807, 2.05) is 93.7 Å². The van der Waals surface area contributed by atoms with E-state index in [-0.39, 0.29) is 16.8 Å². The fraction of sp³-hybridized carbons (Fsp3) is 0.379. The summed E-state index contributed by atoms with van der Waals surface area (Å²) < 4.78 is 9.26. The lowest BCUT2D eigenvalue weighted by molar-refractivity contribution is 0.415. The molecule has 2 heterocycles. The summed E-state index contributed by atoms with van der Waals surface area (Å²) in [5.41, 5.74) is 15.6. The minimum atomic E-state index is -0.164. The molecule has 2 aromatic heterocycles. The predicted molar refractivity (Wildman–Crippen MR) is 149 cm³/mol. The quantitative estimate of drug-likeness (QED) is 0.293. The topological polar surface area (TPSA) is 117 Å². The summed E-state index contributed by atoms with van der Waals surface area (Å²) in [4.78, 5) is 8.78. The molecule has 4 aromatic rings. The van der Waals surface area contributed by atoms with Crippen molar-refractivity contribution in [2.24, 2.45) is 11.5 Å². The Morgan fingerprint density at radius 3 is 1.51 bits per heavy atom. The van der Waals surface area contributed by atoms with Gasteiger partial charge in [0.05, 0.1) is 31.2 Å². The molecule has 0 bridgehead atoms. The van der Waals surface area contributed by atoms with E-state index in [4.69, 9.17) is 16.2 Å². The van der Waals surface area contributed by atoms with Gasteiger partial charge in [0.15, 0.2) is 0 Å². The number of methoxy groups -OCH3 is 1. The van der Waals surface area contributed by atoms with Gasteiger partial charge in [0, 0.05) is 47.7 Å². The molecule has 8 nitrogen and oxygen atoms in total. The first-order chi connectivity index (χ1) is 17.4. The van der Waals surface area contributed by atoms with Crippen molar-refractivity contribution in [2.45, 2.75) is 64.7 Å². The Kier molecular flexibility index (Phi) is 9.13. The average molecular weight is 505 g/mol. The van der Waals surface area contributed by atoms with Crippen molar-refractivity contribution in [2.75, 3.05) is 7.11 Å². The van der Waals surface area contributed by atoms with Gasteiger partial charge in [0.25, 0.3) is 0 Å². The Bertz CT molecular complexity index is 1230. The van der Waals surface area contributed by atoms with Gasteiger partial charge in [-0.2, -0.15) is 0 Å². The molecule has 0 amide bonds. The molecule has 4 rings (SSSR count). The minimum absolute atomic E-state index is 0.148. The van der Waals surface area contributed by atoms with Crippen LogP contribution in [0.25, 0.3) is 22.5 Å². The van der Waals surface area contributed by atoms with Crippen LogP contribution in [0, 0.1) is 0 Å². The van der Waals surface area contributed by atoms with Crippen molar-refractivity contribution >= 4 is 0 Å². The van der Waals surface area contributed by atoms with Crippen LogP contribution in [0.15, 0.2) is 73.6 Å². The first-order valence-electron chi connectivity index (χ1n) is 12.5. The van der Waals surface area contributed by atoms with E-state index in [9.17, 15) is 5.11 Å². The number of phenolic OH excluding ortho intramolecular Hbond substituents is 1. The molecule has 8 heteroatoms. The van der Waals surface area contributed by atoms with E-state index in [0.29, 0.717) is 0 Å². The second-order valence-corrected chi connectivity index (χ2v) is 10.7. The number of ether oxygens (including phenoxy) is 1. The van der Waals surface area contributed by atoms with Crippen molar-refractivity contribution in [3.63, 3.8) is 0 Å². The third kappa shape index (κ3) is 9.40. The number of hydrogen-bond acceptors (Lipinski definition) is 6. The van der Waals surface area contributed by atoms with Crippen LogP contribution in [0.5, 0.6) is 11.5 Å². The molecule has 0 unspecified atom stereocenters. The molecule has 0 aliphatic heterocycles. The lowest BCUT2D eigenvalue weighted by Crippen LogP contribution is -2.32. The van der Waals surface area contributed by atoms with Crippen molar-refractivity contribution in [1.29, 1.82) is 0 Å². The summed E-state index contributed by atoms with van der Waals surface area (Å²) in [6.45, 7) is 9.85. The van der Waals surface area contributed by atoms with E-state index in [2.05, 4.69) is 14.5 Å². The zero-order valence-electron chi connectivity index (χ0n) is 22.6. The minimum Gasteiger partial charge on any atom is -0.508 e. The number of benzene rings is 2. The smallest absolute Gasteiger partial charge is 0.118 e. The fourth-order valence-corrected chi connectivity index (χ4v) is 3.49. The monoisotopic (exact) mass is 504 g/mol. The van der Waals surface area contributed by atoms with Gasteiger partial charge in [0.2, 0.25) is 0 Å². The second-order valence-electron chi connectivity index (χ2n) is 10.7. The van der Waals surface area contributed by atoms with Crippen molar-refractivity contribution in [1.82, 2.24) is 19.1 Å². The lowest BCUT2D eigenvalue weighted by Gasteiger charge is -2.18. The fourth-order valence-electron chi connectivity index (χ4n) is 3.49. The van der Waals surface area contributed by atoms with Crippen LogP contribution >= 0.6 is 0 Å². The van der Waals surface area contributed by atoms with Crippen LogP contribution in [0.4, 0.5) is 0 Å². The zero-order chi connectivity index (χ0) is 27.1. The van der Waals surface area contributed by atoms with Crippen LogP contribution in [-0.4, -0.2) is 42.4 Å². The maximum atomic E-state index is 9.24. The number of nitrogens with two attached hydrogens (primary N) is 2. The number of nitrogens with zero attached hydrogens (tertiary/aromatic N) is 4. The van der Waals surface area contributed by atoms with Gasteiger partial charge in [-0.3, -0.25) is 0 Å². The molecule has 5 N–H and O–H groups in total. The molecule has 37 heavy (non-hydrogen) atoms. The standard InChI is InChI=1S/C15H21N3O.C14H19N3O/c1-15(2,16)8-9-18-10-14(17-11-18)12-4-6-13(19-3)7-5-12;1-14(2,15)7-8-17-9-13(16-10-17)11-3-5-12(18)6-4-11/h4-7,10-11H,8-9,16H2,1-3H3;3-6,9-10,18H,7-8,15H2,1-2H3. The first-order valence-corrected chi connectivity index (χ1v) is 12.5. The van der Waals surface area contributed by atoms with E-state index in [1.54, 1.807) is 19.2 Å². The van der Waals surface area contributed by atoms with Crippen LogP contribution in [0.2, 0.25) is 0 Å². The van der Waals surface area contributed by atoms with Gasteiger partial charge in [-0.15, -0.1) is 0 Å². The number of imidazole rings is 2. The van der Waals surface area contributed by atoms with E-state index >= 15 is 0 Å². The lowest BCUT2D eigenvalue weighted by atomic mass is 10.0. The Morgan fingerprint density at radius 2 is 1.14 bits per heavy atom. The van der Waals surface area contributed by atoms with Gasteiger partial charge in [-0.25, -0.2) is 9.97 Å². The molecule has 2 aromatic carbocycles. The van der Waals surface area contributed by atoms with Gasteiger partial charge in [-0.1, -0.05) is 0 Å². The predicted octanol–water partition coefficient (Wildman–Crippen LogP) is 5.07. The number of phenols is 1. The number of aromatic nitrogens is 4. The maximum absolute atomic E-state index is 9.24. The van der Waals surface area contributed by atoms with Crippen LogP contribution in [0.1, 0.15) is 40.5 Å². The summed E-state index contributed by atoms with van der Waals surface area (Å²) in [5.74, 6) is 1.12. The summed E-state index contributed by atoms with van der Waals surface area (Å²) in [6, 6.07) is 14.9. The molecule has 0 fully saturated rings. The van der Waals surface area contributed by atoms with Gasteiger partial charge in [-0.05, 0) is 89.1 Å². The number of hydrogen-bond donors (Lipinski definition) is 3. The highest BCUT2D eigenvalue weighted by atomic mass is 16.5. The first kappa shape index (κ1) is 28.0. The molecular weight excluding hydrogens is 464 g/mol. The van der Waals surface area contributed by atoms with Gasteiger partial charge < -0.3 is 30.4 Å². The Labute approximate surface area is 219 Å². The normalized spacial score (nSPS) is 11.6. The molecule has 0 spiro atoms. The molecule has 0 saturated heterocycles. The van der Waals surface area contributed by atoms with E-state index < -0.39 is 0 Å². The van der Waals surface area contributed by atoms with Crippen molar-refractivity contribution in [3.8, 4) is 34.0 Å². The average Bonchev–Trinajstić information content (AvgIpc) is 3.52. The molecule has 0 radical (unpaired) electrons. The van der Waals surface area contributed by atoms with Crippen LogP contribution in [0.3, 0.4) is 0 Å². The largest absolute Gasteiger partial charge is 0.508 e. The molecule has 198 valence electrons. The Balaban J connectivity index is 0.000000206. The third-order valence-electron chi connectivity index (χ3n) is 5.84. The summed E-state index contributed by atoms with van der Waals surface area (Å²) in [5, 5.41) is 9.24. The molecule has 0 atom stereocenters. The van der Waals surface area contributed by atoms with E-state index in [0.717, 1.165) is 54.2 Å². The van der Waals surface area contributed by atoms with Gasteiger partial charge >= 0.3 is 0 Å². The third-order valence-corrected chi connectivity index (χ3v) is 5.84. The SMILES string of the molecule is CC(C)(N)CCn1cnc(-c2ccc(O)cc2)c1.COc1ccc(-c2cn(CCC(C)(C)N)cn2)cc1. The summed E-state index contributed by atoms with van der Waals surface area (Å²) in [7, 11) is 1.66. The highest BCUT2D eigenvalue weighted by Gasteiger charge is 2.12. The van der Waals surface area contributed by atoms with Crippen molar-refractivity contribution in [3.05, 3.63) is 73.6 Å². The highest BCUT2D eigenvalue weighted by molar-refractivity contribution is 5.59. The van der Waals surface area contributed by atoms with E-state index in [1.165, 1.54) is 0 Å². The number of aromatic hydroxyl groups is 1. The molecule has 0 aliphatic carbocycles. The number of rotatable bonds is 9. The van der Waals surface area contributed by atoms with Crippen LogP contribution < -0.4 is 16.2 Å². The van der Waals surface area contributed by atoms with Crippen LogP contribution in [-0.2, 0) is 13.1 Å². The van der Waals surface area contributed by atoms with Gasteiger partial charge in [0.1, 0.15) is 11.5 Å². The molecule has 0 aliphatic rings. The number of aryl methyl sites for hydroxylation is 2. The Morgan fingerprint density at radius 1 is 0.730 bits per heavy atom. The summed E-state index contributed by atoms with van der Waals surface area (Å²) >= 11 is 0. The molecule has 0 saturated carbocycles. The highest BCUT2D eigenvalue weighted by Crippen LogP contribution is 2.22. The zero-order valence-corrected chi connectivity index (χ0v) is 22.6. The van der Waals surface area contributed by atoms with Crippen molar-refractivity contribution < 1.29 is 9.84 Å². The summed E-state index contributed by atoms with van der Waals surface area (Å²) in [6.07, 6.45) is 9.54. The molecular formula is C29H40N6O2. The second kappa shape index (κ2) is 12.1.